The normalized spacial score (nSPS) is 19.7. The minimum Gasteiger partial charge on any atom is -0.467 e. The van der Waals surface area contributed by atoms with Crippen LogP contribution in [0.3, 0.4) is 0 Å². The van der Waals surface area contributed by atoms with Crippen LogP contribution in [0.5, 0.6) is 0 Å². The van der Waals surface area contributed by atoms with Crippen LogP contribution in [0, 0.1) is 0 Å². The van der Waals surface area contributed by atoms with Crippen molar-refractivity contribution < 1.29 is 19.1 Å². The van der Waals surface area contributed by atoms with Gasteiger partial charge in [0.1, 0.15) is 12.0 Å². The molecule has 1 aliphatic rings. The smallest absolute Gasteiger partial charge is 0.335 e. The molecule has 1 saturated carbocycles. The molecule has 0 saturated heterocycles. The van der Waals surface area contributed by atoms with Gasteiger partial charge < -0.3 is 14.3 Å². The molecule has 1 atom stereocenters. The quantitative estimate of drug-likeness (QED) is 0.851. The highest BCUT2D eigenvalue weighted by Crippen LogP contribution is 2.52. The molecule has 0 bridgehead atoms. The zero-order valence-electron chi connectivity index (χ0n) is 8.20. The highest BCUT2D eigenvalue weighted by Gasteiger charge is 2.56. The van der Waals surface area contributed by atoms with E-state index in [1.54, 1.807) is 12.3 Å². The van der Waals surface area contributed by atoms with E-state index in [2.05, 4.69) is 20.7 Å². The zero-order chi connectivity index (χ0) is 11.1. The Bertz CT molecular complexity index is 381. The van der Waals surface area contributed by atoms with E-state index in [0.29, 0.717) is 5.76 Å². The van der Waals surface area contributed by atoms with E-state index in [1.807, 2.05) is 0 Å². The van der Waals surface area contributed by atoms with E-state index < -0.39 is 17.5 Å². The van der Waals surface area contributed by atoms with Crippen molar-refractivity contribution in [2.24, 2.45) is 0 Å². The Morgan fingerprint density at radius 2 is 2.40 bits per heavy atom. The Morgan fingerprint density at radius 3 is 2.80 bits per heavy atom. The first-order valence-corrected chi connectivity index (χ1v) is 5.40. The molecule has 1 unspecified atom stereocenters. The van der Waals surface area contributed by atoms with E-state index in [9.17, 15) is 9.90 Å². The zero-order valence-corrected chi connectivity index (χ0v) is 9.78. The van der Waals surface area contributed by atoms with Crippen molar-refractivity contribution >= 4 is 21.9 Å². The van der Waals surface area contributed by atoms with Gasteiger partial charge in [-0.15, -0.1) is 0 Å². The molecule has 1 aromatic rings. The average Bonchev–Trinajstić information content (AvgIpc) is 2.94. The van der Waals surface area contributed by atoms with Crippen molar-refractivity contribution in [1.29, 1.82) is 0 Å². The van der Waals surface area contributed by atoms with Gasteiger partial charge in [0.05, 0.1) is 17.0 Å². The molecule has 1 fully saturated rings. The first-order valence-electron chi connectivity index (χ1n) is 4.60. The number of carbonyl (C=O) groups is 1. The SMILES string of the molecule is COC(=O)C(O)C1(c2cc(Br)co2)CC1. The minimum atomic E-state index is -1.14. The van der Waals surface area contributed by atoms with Crippen molar-refractivity contribution in [2.75, 3.05) is 7.11 Å². The number of furan rings is 1. The summed E-state index contributed by atoms with van der Waals surface area (Å²) in [5.41, 5.74) is -0.570. The van der Waals surface area contributed by atoms with Gasteiger partial charge in [-0.1, -0.05) is 0 Å². The van der Waals surface area contributed by atoms with Crippen molar-refractivity contribution in [2.45, 2.75) is 24.4 Å². The standard InChI is InChI=1S/C10H11BrO4/c1-14-9(13)8(12)10(2-3-10)7-4-6(11)5-15-7/h4-5,8,12H,2-3H2,1H3. The second-order valence-corrected chi connectivity index (χ2v) is 4.63. The van der Waals surface area contributed by atoms with Crippen LogP contribution < -0.4 is 0 Å². The van der Waals surface area contributed by atoms with Crippen molar-refractivity contribution in [1.82, 2.24) is 0 Å². The van der Waals surface area contributed by atoms with Gasteiger partial charge in [-0.2, -0.15) is 0 Å². The van der Waals surface area contributed by atoms with Gasteiger partial charge in [0.15, 0.2) is 6.10 Å². The van der Waals surface area contributed by atoms with E-state index in [0.717, 1.165) is 17.3 Å². The first-order chi connectivity index (χ1) is 7.10. The van der Waals surface area contributed by atoms with Gasteiger partial charge in [-0.3, -0.25) is 0 Å². The third kappa shape index (κ3) is 1.70. The molecule has 82 valence electrons. The molecule has 5 heteroatoms. The molecule has 0 spiro atoms. The number of aliphatic hydroxyl groups is 1. The molecule has 0 amide bonds. The minimum absolute atomic E-state index is 0.570. The fraction of sp³-hybridized carbons (Fsp3) is 0.500. The summed E-state index contributed by atoms with van der Waals surface area (Å²) in [5.74, 6) is 0.0206. The lowest BCUT2D eigenvalue weighted by Crippen LogP contribution is -2.34. The lowest BCUT2D eigenvalue weighted by Gasteiger charge is -2.17. The van der Waals surface area contributed by atoms with Crippen LogP contribution in [-0.4, -0.2) is 24.3 Å². The predicted molar refractivity (Wildman–Crippen MR) is 55.3 cm³/mol. The topological polar surface area (TPSA) is 59.7 Å². The predicted octanol–water partition coefficient (Wildman–Crippen LogP) is 1.61. The number of rotatable bonds is 3. The fourth-order valence-electron chi connectivity index (χ4n) is 1.70. The number of halogens is 1. The Balaban J connectivity index is 2.24. The molecule has 0 aliphatic heterocycles. The highest BCUT2D eigenvalue weighted by molar-refractivity contribution is 9.10. The number of methoxy groups -OCH3 is 1. The number of hydrogen-bond donors (Lipinski definition) is 1. The lowest BCUT2D eigenvalue weighted by molar-refractivity contribution is -0.152. The fourth-order valence-corrected chi connectivity index (χ4v) is 2.00. The van der Waals surface area contributed by atoms with Crippen molar-refractivity contribution in [3.63, 3.8) is 0 Å². The third-order valence-corrected chi connectivity index (χ3v) is 3.21. The maximum Gasteiger partial charge on any atom is 0.335 e. The largest absolute Gasteiger partial charge is 0.467 e. The molecule has 15 heavy (non-hydrogen) atoms. The Morgan fingerprint density at radius 1 is 1.73 bits per heavy atom. The molecule has 1 aromatic heterocycles. The maximum atomic E-state index is 11.3. The summed E-state index contributed by atoms with van der Waals surface area (Å²) in [6.45, 7) is 0. The van der Waals surface area contributed by atoms with Gasteiger partial charge in [0, 0.05) is 0 Å². The van der Waals surface area contributed by atoms with Gasteiger partial charge in [-0.25, -0.2) is 4.79 Å². The van der Waals surface area contributed by atoms with Gasteiger partial charge in [0.25, 0.3) is 0 Å². The molecule has 4 nitrogen and oxygen atoms in total. The molecular weight excluding hydrogens is 264 g/mol. The average molecular weight is 275 g/mol. The maximum absolute atomic E-state index is 11.3. The van der Waals surface area contributed by atoms with E-state index in [4.69, 9.17) is 4.42 Å². The summed E-state index contributed by atoms with van der Waals surface area (Å²) in [4.78, 5) is 11.3. The van der Waals surface area contributed by atoms with Gasteiger partial charge in [-0.05, 0) is 34.8 Å². The summed E-state index contributed by atoms with van der Waals surface area (Å²) < 4.78 is 10.6. The number of esters is 1. The van der Waals surface area contributed by atoms with Crippen LogP contribution in [0.25, 0.3) is 0 Å². The van der Waals surface area contributed by atoms with E-state index in [-0.39, 0.29) is 0 Å². The molecule has 0 aromatic carbocycles. The van der Waals surface area contributed by atoms with Crippen LogP contribution in [0.4, 0.5) is 0 Å². The highest BCUT2D eigenvalue weighted by atomic mass is 79.9. The molecule has 1 aliphatic carbocycles. The first kappa shape index (κ1) is 10.7. The van der Waals surface area contributed by atoms with E-state index in [1.165, 1.54) is 7.11 Å². The lowest BCUT2D eigenvalue weighted by atomic mass is 9.96. The van der Waals surface area contributed by atoms with Gasteiger partial charge in [0.2, 0.25) is 0 Å². The van der Waals surface area contributed by atoms with E-state index >= 15 is 0 Å². The molecule has 2 rings (SSSR count). The summed E-state index contributed by atoms with van der Waals surface area (Å²) in [7, 11) is 1.26. The summed E-state index contributed by atoms with van der Waals surface area (Å²) in [6.07, 6.45) is 1.88. The summed E-state index contributed by atoms with van der Waals surface area (Å²) >= 11 is 3.26. The number of carbonyl (C=O) groups excluding carboxylic acids is 1. The molecular formula is C10H11BrO4. The summed E-state index contributed by atoms with van der Waals surface area (Å²) in [6, 6.07) is 1.78. The molecule has 1 heterocycles. The Labute approximate surface area is 95.3 Å². The number of hydrogen-bond acceptors (Lipinski definition) is 4. The Kier molecular flexibility index (Phi) is 2.60. The van der Waals surface area contributed by atoms with Crippen LogP contribution in [0.1, 0.15) is 18.6 Å². The Hall–Kier alpha value is -0.810. The third-order valence-electron chi connectivity index (χ3n) is 2.79. The summed E-state index contributed by atoms with van der Waals surface area (Å²) in [5, 5.41) is 9.82. The van der Waals surface area contributed by atoms with Crippen LogP contribution in [0.15, 0.2) is 21.2 Å². The van der Waals surface area contributed by atoms with Crippen LogP contribution >= 0.6 is 15.9 Å². The number of aliphatic hydroxyl groups excluding tert-OH is 1. The van der Waals surface area contributed by atoms with Crippen molar-refractivity contribution in [3.05, 3.63) is 22.6 Å². The molecule has 0 radical (unpaired) electrons. The van der Waals surface area contributed by atoms with Gasteiger partial charge >= 0.3 is 5.97 Å². The second kappa shape index (κ2) is 3.64. The second-order valence-electron chi connectivity index (χ2n) is 3.71. The van der Waals surface area contributed by atoms with Crippen molar-refractivity contribution in [3.8, 4) is 0 Å². The van der Waals surface area contributed by atoms with Crippen LogP contribution in [0.2, 0.25) is 0 Å². The molecule has 1 N–H and O–H groups in total. The van der Waals surface area contributed by atoms with Crippen LogP contribution in [-0.2, 0) is 14.9 Å². The monoisotopic (exact) mass is 274 g/mol. The number of ether oxygens (including phenoxy) is 1.